The zero-order valence-electron chi connectivity index (χ0n) is 7.22. The summed E-state index contributed by atoms with van der Waals surface area (Å²) in [6.45, 7) is 6.37. The van der Waals surface area contributed by atoms with Gasteiger partial charge in [0.2, 0.25) is 0 Å². The zero-order valence-corrected chi connectivity index (χ0v) is 7.22. The Morgan fingerprint density at radius 3 is 2.36 bits per heavy atom. The Balaban J connectivity index is 2.72. The molecular formula is C9H14O2. The van der Waals surface area contributed by atoms with E-state index >= 15 is 0 Å². The minimum Gasteiger partial charge on any atom is -0.504 e. The van der Waals surface area contributed by atoms with E-state index in [1.54, 1.807) is 6.26 Å². The van der Waals surface area contributed by atoms with Crippen molar-refractivity contribution in [1.82, 2.24) is 0 Å². The fourth-order valence-corrected chi connectivity index (χ4v) is 1.02. The summed E-state index contributed by atoms with van der Waals surface area (Å²) in [5, 5.41) is 9.22. The Labute approximate surface area is 66.8 Å². The van der Waals surface area contributed by atoms with Gasteiger partial charge >= 0.3 is 0 Å². The van der Waals surface area contributed by atoms with E-state index in [9.17, 15) is 5.11 Å². The Kier molecular flexibility index (Phi) is 1.94. The molecule has 1 rings (SSSR count). The molecule has 0 aliphatic carbocycles. The maximum Gasteiger partial charge on any atom is 0.156 e. The van der Waals surface area contributed by atoms with Gasteiger partial charge in [-0.05, 0) is 11.8 Å². The molecule has 2 nitrogen and oxygen atoms in total. The summed E-state index contributed by atoms with van der Waals surface area (Å²) in [5.74, 6) is 0.264. The van der Waals surface area contributed by atoms with Crippen molar-refractivity contribution in [2.45, 2.75) is 27.2 Å². The van der Waals surface area contributed by atoms with Crippen molar-refractivity contribution in [2.24, 2.45) is 5.41 Å². The molecule has 0 saturated heterocycles. The molecule has 2 heteroatoms. The molecular weight excluding hydrogens is 140 g/mol. The molecule has 1 aromatic rings. The van der Waals surface area contributed by atoms with Crippen LogP contribution < -0.4 is 0 Å². The van der Waals surface area contributed by atoms with Gasteiger partial charge < -0.3 is 9.52 Å². The quantitative estimate of drug-likeness (QED) is 0.674. The summed E-state index contributed by atoms with van der Waals surface area (Å²) >= 11 is 0. The average molecular weight is 154 g/mol. The molecule has 0 radical (unpaired) electrons. The SMILES string of the molecule is CC(C)(C)Cc1cocc1O. The molecule has 1 N–H and O–H groups in total. The van der Waals surface area contributed by atoms with Gasteiger partial charge in [-0.3, -0.25) is 0 Å². The van der Waals surface area contributed by atoms with Crippen LogP contribution in [0.1, 0.15) is 26.3 Å². The van der Waals surface area contributed by atoms with Gasteiger partial charge in [-0.1, -0.05) is 20.8 Å². The minimum atomic E-state index is 0.196. The van der Waals surface area contributed by atoms with Crippen LogP contribution in [-0.2, 0) is 6.42 Å². The highest BCUT2D eigenvalue weighted by Gasteiger charge is 2.14. The zero-order chi connectivity index (χ0) is 8.48. The topological polar surface area (TPSA) is 33.4 Å². The van der Waals surface area contributed by atoms with Crippen LogP contribution in [0.3, 0.4) is 0 Å². The largest absolute Gasteiger partial charge is 0.504 e. The summed E-state index contributed by atoms with van der Waals surface area (Å²) < 4.78 is 4.84. The lowest BCUT2D eigenvalue weighted by atomic mass is 9.89. The van der Waals surface area contributed by atoms with E-state index in [-0.39, 0.29) is 11.2 Å². The fraction of sp³-hybridized carbons (Fsp3) is 0.556. The van der Waals surface area contributed by atoms with Gasteiger partial charge in [0.1, 0.15) is 6.26 Å². The number of hydrogen-bond donors (Lipinski definition) is 1. The Morgan fingerprint density at radius 2 is 2.00 bits per heavy atom. The molecule has 0 fully saturated rings. The summed E-state index contributed by atoms with van der Waals surface area (Å²) in [5.41, 5.74) is 1.08. The van der Waals surface area contributed by atoms with Gasteiger partial charge in [-0.15, -0.1) is 0 Å². The summed E-state index contributed by atoms with van der Waals surface area (Å²) in [4.78, 5) is 0. The summed E-state index contributed by atoms with van der Waals surface area (Å²) in [6, 6.07) is 0. The summed E-state index contributed by atoms with van der Waals surface area (Å²) in [7, 11) is 0. The highest BCUT2D eigenvalue weighted by Crippen LogP contribution is 2.26. The Hall–Kier alpha value is -0.920. The van der Waals surface area contributed by atoms with E-state index in [0.717, 1.165) is 12.0 Å². The maximum atomic E-state index is 9.22. The minimum absolute atomic E-state index is 0.196. The van der Waals surface area contributed by atoms with Crippen molar-refractivity contribution in [3.8, 4) is 5.75 Å². The second-order valence-electron chi connectivity index (χ2n) is 4.02. The van der Waals surface area contributed by atoms with E-state index in [1.165, 1.54) is 6.26 Å². The van der Waals surface area contributed by atoms with Gasteiger partial charge in [-0.25, -0.2) is 0 Å². The van der Waals surface area contributed by atoms with E-state index in [0.29, 0.717) is 0 Å². The lowest BCUT2D eigenvalue weighted by Gasteiger charge is -2.16. The number of hydrogen-bond acceptors (Lipinski definition) is 2. The van der Waals surface area contributed by atoms with Crippen molar-refractivity contribution in [3.63, 3.8) is 0 Å². The van der Waals surface area contributed by atoms with Crippen LogP contribution in [0.25, 0.3) is 0 Å². The molecule has 11 heavy (non-hydrogen) atoms. The number of aromatic hydroxyl groups is 1. The molecule has 0 atom stereocenters. The molecule has 0 spiro atoms. The van der Waals surface area contributed by atoms with E-state index in [4.69, 9.17) is 4.42 Å². The van der Waals surface area contributed by atoms with Crippen LogP contribution in [-0.4, -0.2) is 5.11 Å². The first-order chi connectivity index (χ1) is 4.99. The van der Waals surface area contributed by atoms with Gasteiger partial charge in [0.25, 0.3) is 0 Å². The van der Waals surface area contributed by atoms with Crippen LogP contribution in [0.2, 0.25) is 0 Å². The second kappa shape index (κ2) is 2.61. The fourth-order valence-electron chi connectivity index (χ4n) is 1.02. The van der Waals surface area contributed by atoms with Gasteiger partial charge in [0.15, 0.2) is 5.75 Å². The van der Waals surface area contributed by atoms with Crippen LogP contribution >= 0.6 is 0 Å². The first-order valence-corrected chi connectivity index (χ1v) is 3.73. The molecule has 0 aliphatic heterocycles. The van der Waals surface area contributed by atoms with E-state index in [2.05, 4.69) is 20.8 Å². The first-order valence-electron chi connectivity index (χ1n) is 3.73. The van der Waals surface area contributed by atoms with Crippen LogP contribution in [0, 0.1) is 5.41 Å². The van der Waals surface area contributed by atoms with Crippen molar-refractivity contribution in [3.05, 3.63) is 18.1 Å². The monoisotopic (exact) mass is 154 g/mol. The molecule has 0 aliphatic rings. The van der Waals surface area contributed by atoms with Crippen molar-refractivity contribution >= 4 is 0 Å². The molecule has 0 saturated carbocycles. The van der Waals surface area contributed by atoms with Gasteiger partial charge in [0.05, 0.1) is 6.26 Å². The van der Waals surface area contributed by atoms with Gasteiger partial charge in [0, 0.05) is 5.56 Å². The predicted molar refractivity (Wildman–Crippen MR) is 43.5 cm³/mol. The smallest absolute Gasteiger partial charge is 0.156 e. The van der Waals surface area contributed by atoms with E-state index < -0.39 is 0 Å². The normalized spacial score (nSPS) is 11.9. The third kappa shape index (κ3) is 2.30. The first kappa shape index (κ1) is 8.18. The van der Waals surface area contributed by atoms with Gasteiger partial charge in [-0.2, -0.15) is 0 Å². The molecule has 0 amide bonds. The highest BCUT2D eigenvalue weighted by molar-refractivity contribution is 5.26. The average Bonchev–Trinajstić information content (AvgIpc) is 2.12. The molecule has 0 aromatic carbocycles. The van der Waals surface area contributed by atoms with Crippen molar-refractivity contribution in [2.75, 3.05) is 0 Å². The number of furan rings is 1. The molecule has 1 aromatic heterocycles. The predicted octanol–water partition coefficient (Wildman–Crippen LogP) is 2.57. The van der Waals surface area contributed by atoms with Crippen LogP contribution in [0.5, 0.6) is 5.75 Å². The van der Waals surface area contributed by atoms with Crippen LogP contribution in [0.15, 0.2) is 16.9 Å². The highest BCUT2D eigenvalue weighted by atomic mass is 16.3. The molecule has 0 unspecified atom stereocenters. The third-order valence-electron chi connectivity index (χ3n) is 1.44. The lowest BCUT2D eigenvalue weighted by Crippen LogP contribution is -2.08. The van der Waals surface area contributed by atoms with Crippen molar-refractivity contribution in [1.29, 1.82) is 0 Å². The van der Waals surface area contributed by atoms with Crippen LogP contribution in [0.4, 0.5) is 0 Å². The molecule has 0 bridgehead atoms. The lowest BCUT2D eigenvalue weighted by molar-refractivity contribution is 0.396. The summed E-state index contributed by atoms with van der Waals surface area (Å²) in [6.07, 6.45) is 3.80. The second-order valence-corrected chi connectivity index (χ2v) is 4.02. The Morgan fingerprint density at radius 1 is 1.36 bits per heavy atom. The molecule has 1 heterocycles. The van der Waals surface area contributed by atoms with E-state index in [1.807, 2.05) is 0 Å². The maximum absolute atomic E-state index is 9.22. The third-order valence-corrected chi connectivity index (χ3v) is 1.44. The number of rotatable bonds is 1. The Bertz CT molecular complexity index is 230. The van der Waals surface area contributed by atoms with Crippen molar-refractivity contribution < 1.29 is 9.52 Å². The molecule has 62 valence electrons. The standard InChI is InChI=1S/C9H14O2/c1-9(2,3)4-7-5-11-6-8(7)10/h5-6,10H,4H2,1-3H3.